The maximum absolute atomic E-state index is 5.71. The number of methoxy groups -OCH3 is 2. The van der Waals surface area contributed by atoms with Crippen molar-refractivity contribution in [2.24, 2.45) is 0 Å². The highest BCUT2D eigenvalue weighted by Gasteiger charge is 2.18. The summed E-state index contributed by atoms with van der Waals surface area (Å²) < 4.78 is 13.9. The lowest BCUT2D eigenvalue weighted by Crippen LogP contribution is -2.19. The van der Waals surface area contributed by atoms with Crippen molar-refractivity contribution in [1.29, 1.82) is 0 Å². The molecule has 0 spiro atoms. The highest BCUT2D eigenvalue weighted by Crippen LogP contribution is 2.42. The van der Waals surface area contributed by atoms with Crippen LogP contribution >= 0.6 is 23.1 Å². The minimum atomic E-state index is -0.585. The number of fused-ring (bicyclic) bond motifs is 4. The molecule has 0 bridgehead atoms. The number of hydrogen-bond donors (Lipinski definition) is 0. The van der Waals surface area contributed by atoms with Gasteiger partial charge < -0.3 is 9.47 Å². The highest BCUT2D eigenvalue weighted by atomic mass is 32.2. The van der Waals surface area contributed by atoms with Crippen molar-refractivity contribution >= 4 is 65.5 Å². The van der Waals surface area contributed by atoms with Gasteiger partial charge in [-0.1, -0.05) is 85.7 Å². The van der Waals surface area contributed by atoms with E-state index in [-0.39, 0.29) is 0 Å². The Labute approximate surface area is 275 Å². The lowest BCUT2D eigenvalue weighted by molar-refractivity contribution is 0.0739. The fourth-order valence-electron chi connectivity index (χ4n) is 5.31. The van der Waals surface area contributed by atoms with Gasteiger partial charge in [0, 0.05) is 40.3 Å². The summed E-state index contributed by atoms with van der Waals surface area (Å²) in [7, 11) is 3.42. The summed E-state index contributed by atoms with van der Waals surface area (Å²) in [6.07, 6.45) is 0. The molecule has 6 aromatic rings. The van der Waals surface area contributed by atoms with E-state index in [0.717, 1.165) is 32.7 Å². The zero-order valence-corrected chi connectivity index (χ0v) is 28.8. The fourth-order valence-corrected chi connectivity index (χ4v) is 7.54. The van der Waals surface area contributed by atoms with Crippen molar-refractivity contribution in [3.63, 3.8) is 0 Å². The highest BCUT2D eigenvalue weighted by molar-refractivity contribution is 8.01. The monoisotopic (exact) mass is 626 g/mol. The summed E-state index contributed by atoms with van der Waals surface area (Å²) >= 11 is 3.64. The van der Waals surface area contributed by atoms with Crippen LogP contribution in [0.5, 0.6) is 0 Å². The van der Waals surface area contributed by atoms with Gasteiger partial charge in [-0.25, -0.2) is 0 Å². The van der Waals surface area contributed by atoms with Gasteiger partial charge in [0.05, 0.1) is 4.21 Å². The zero-order valence-electron chi connectivity index (χ0n) is 27.2. The molecule has 45 heavy (non-hydrogen) atoms. The minimum Gasteiger partial charge on any atom is -0.366 e. The molecule has 0 saturated heterocycles. The van der Waals surface area contributed by atoms with Gasteiger partial charge in [0.15, 0.2) is 0 Å². The lowest BCUT2D eigenvalue weighted by atomic mass is 9.89. The number of ether oxygens (including phenoxy) is 2. The molecule has 0 fully saturated rings. The molecule has 0 aliphatic carbocycles. The average molecular weight is 627 g/mol. The maximum Gasteiger partial charge on any atom is 0.123 e. The maximum atomic E-state index is 5.71. The Morgan fingerprint density at radius 1 is 0.644 bits per heavy atom. The summed E-state index contributed by atoms with van der Waals surface area (Å²) in [6, 6.07) is 28.9. The molecule has 226 valence electrons. The predicted octanol–water partition coefficient (Wildman–Crippen LogP) is 11.2. The molecule has 0 atom stereocenters. The van der Waals surface area contributed by atoms with Gasteiger partial charge in [-0.05, 0) is 114 Å². The first-order chi connectivity index (χ1) is 21.5. The second-order valence-corrected chi connectivity index (χ2v) is 15.2. The standard InChI is InChI=1S/C41H38O2S2/c1-26(2)27-13-15-31(16-14-27)44-39-24-30-23-36-32(17-19-40(3,4)42-7)34-21-28-11-9-10-12-29(28)22-35(34)33(18-20-41(5,6)43-8)37(36)25-38(30)45-39/h9-16,21-26H,1-8H3. The van der Waals surface area contributed by atoms with Crippen molar-refractivity contribution in [2.75, 3.05) is 14.2 Å². The molecule has 0 N–H and O–H groups in total. The van der Waals surface area contributed by atoms with Crippen LogP contribution in [0, 0.1) is 23.7 Å². The van der Waals surface area contributed by atoms with E-state index in [9.17, 15) is 0 Å². The van der Waals surface area contributed by atoms with E-state index in [2.05, 4.69) is 116 Å². The van der Waals surface area contributed by atoms with Crippen LogP contribution in [0.3, 0.4) is 0 Å². The molecule has 0 aliphatic heterocycles. The van der Waals surface area contributed by atoms with Crippen LogP contribution in [0.25, 0.3) is 42.4 Å². The van der Waals surface area contributed by atoms with Gasteiger partial charge >= 0.3 is 0 Å². The normalized spacial score (nSPS) is 12.1. The molecule has 1 aromatic heterocycles. The Hall–Kier alpha value is -3.77. The number of rotatable bonds is 5. The molecule has 5 aromatic carbocycles. The van der Waals surface area contributed by atoms with Crippen molar-refractivity contribution in [3.05, 3.63) is 95.6 Å². The fraction of sp³-hybridized carbons (Fsp3) is 0.268. The largest absolute Gasteiger partial charge is 0.366 e. The Morgan fingerprint density at radius 2 is 1.13 bits per heavy atom. The van der Waals surface area contributed by atoms with E-state index in [1.165, 1.54) is 35.5 Å². The number of hydrogen-bond acceptors (Lipinski definition) is 4. The molecule has 0 amide bonds. The summed E-state index contributed by atoms with van der Waals surface area (Å²) in [5.41, 5.74) is 2.19. The zero-order chi connectivity index (χ0) is 31.9. The molecule has 4 heteroatoms. The third-order valence-electron chi connectivity index (χ3n) is 8.36. The summed E-state index contributed by atoms with van der Waals surface area (Å²) in [5.74, 6) is 14.5. The van der Waals surface area contributed by atoms with Gasteiger partial charge in [-0.3, -0.25) is 0 Å². The van der Waals surface area contributed by atoms with Crippen molar-refractivity contribution in [1.82, 2.24) is 0 Å². The van der Waals surface area contributed by atoms with E-state index >= 15 is 0 Å². The van der Waals surface area contributed by atoms with Crippen molar-refractivity contribution in [2.45, 2.75) is 67.8 Å². The van der Waals surface area contributed by atoms with E-state index in [4.69, 9.17) is 9.47 Å². The molecule has 2 nitrogen and oxygen atoms in total. The Bertz CT molecular complexity index is 2060. The van der Waals surface area contributed by atoms with Gasteiger partial charge in [-0.15, -0.1) is 11.3 Å². The predicted molar refractivity (Wildman–Crippen MR) is 195 cm³/mol. The number of thiophene rings is 1. The van der Waals surface area contributed by atoms with E-state index in [1.807, 2.05) is 50.8 Å². The molecule has 0 radical (unpaired) electrons. The molecular weight excluding hydrogens is 589 g/mol. The quantitative estimate of drug-likeness (QED) is 0.140. The number of benzene rings is 5. The lowest BCUT2D eigenvalue weighted by Gasteiger charge is -2.17. The van der Waals surface area contributed by atoms with Gasteiger partial charge in [0.2, 0.25) is 0 Å². The van der Waals surface area contributed by atoms with Crippen LogP contribution in [-0.4, -0.2) is 25.4 Å². The third-order valence-corrected chi connectivity index (χ3v) is 10.6. The molecule has 0 saturated carbocycles. The van der Waals surface area contributed by atoms with E-state index in [0.29, 0.717) is 5.92 Å². The van der Waals surface area contributed by atoms with E-state index < -0.39 is 11.2 Å². The van der Waals surface area contributed by atoms with Gasteiger partial charge in [0.1, 0.15) is 11.2 Å². The van der Waals surface area contributed by atoms with Crippen molar-refractivity contribution < 1.29 is 9.47 Å². The van der Waals surface area contributed by atoms with Gasteiger partial charge in [-0.2, -0.15) is 0 Å². The SMILES string of the molecule is COC(C)(C)C#Cc1c2cc3ccccc3cc2c(C#CC(C)(C)OC)c2cc3sc(Sc4ccc(C(C)C)cc4)cc3cc12. The first-order valence-electron chi connectivity index (χ1n) is 15.3. The van der Waals surface area contributed by atoms with Crippen LogP contribution in [0.15, 0.2) is 88.0 Å². The topological polar surface area (TPSA) is 18.5 Å². The van der Waals surface area contributed by atoms with Crippen molar-refractivity contribution in [3.8, 4) is 23.7 Å². The second-order valence-electron chi connectivity index (χ2n) is 12.8. The molecule has 0 unspecified atom stereocenters. The molecule has 0 aliphatic rings. The summed E-state index contributed by atoms with van der Waals surface area (Å²) in [6.45, 7) is 12.5. The van der Waals surface area contributed by atoms with Crippen LogP contribution in [0.4, 0.5) is 0 Å². The third kappa shape index (κ3) is 6.48. The van der Waals surface area contributed by atoms with Crippen LogP contribution in [0.1, 0.15) is 64.2 Å². The van der Waals surface area contributed by atoms with E-state index in [1.54, 1.807) is 14.2 Å². The molecule has 6 rings (SSSR count). The van der Waals surface area contributed by atoms with Gasteiger partial charge in [0.25, 0.3) is 0 Å². The average Bonchev–Trinajstić information content (AvgIpc) is 3.42. The second kappa shape index (κ2) is 12.2. The van der Waals surface area contributed by atoms with Crippen LogP contribution < -0.4 is 0 Å². The molecule has 1 heterocycles. The Balaban J connectivity index is 1.65. The van der Waals surface area contributed by atoms with Crippen LogP contribution in [0.2, 0.25) is 0 Å². The summed E-state index contributed by atoms with van der Waals surface area (Å²) in [4.78, 5) is 1.25. The smallest absolute Gasteiger partial charge is 0.123 e. The Morgan fingerprint density at radius 3 is 1.62 bits per heavy atom. The summed E-state index contributed by atoms with van der Waals surface area (Å²) in [5, 5.41) is 7.94. The minimum absolute atomic E-state index is 0.521. The first-order valence-corrected chi connectivity index (χ1v) is 16.9. The first kappa shape index (κ1) is 31.2. The molecular formula is C41H38O2S2. The Kier molecular flexibility index (Phi) is 8.47. The van der Waals surface area contributed by atoms with Crippen LogP contribution in [-0.2, 0) is 9.47 Å².